The van der Waals surface area contributed by atoms with Crippen LogP contribution >= 0.6 is 0 Å². The number of piperazine rings is 1. The van der Waals surface area contributed by atoms with Crippen molar-refractivity contribution in [3.05, 3.63) is 39.9 Å². The molecule has 1 saturated heterocycles. The first-order valence-electron chi connectivity index (χ1n) is 6.31. The monoisotopic (exact) mass is 263 g/mol. The van der Waals surface area contributed by atoms with E-state index in [0.717, 1.165) is 6.54 Å². The Morgan fingerprint density at radius 2 is 2.37 bits per heavy atom. The van der Waals surface area contributed by atoms with Crippen molar-refractivity contribution in [2.24, 2.45) is 0 Å². The summed E-state index contributed by atoms with van der Waals surface area (Å²) < 4.78 is 0. The quantitative estimate of drug-likeness (QED) is 0.651. The van der Waals surface area contributed by atoms with Gasteiger partial charge in [-0.1, -0.05) is 12.1 Å². The van der Waals surface area contributed by atoms with Gasteiger partial charge in [-0.15, -0.1) is 0 Å². The highest BCUT2D eigenvalue weighted by molar-refractivity contribution is 5.79. The first-order chi connectivity index (χ1) is 9.06. The Hall–Kier alpha value is -1.95. The zero-order valence-electron chi connectivity index (χ0n) is 10.8. The molecular formula is C13H17N3O3. The molecule has 6 nitrogen and oxygen atoms in total. The van der Waals surface area contributed by atoms with Crippen LogP contribution in [0.15, 0.2) is 24.3 Å². The Labute approximate surface area is 111 Å². The van der Waals surface area contributed by atoms with E-state index in [9.17, 15) is 14.9 Å². The van der Waals surface area contributed by atoms with Crippen LogP contribution in [0.3, 0.4) is 0 Å². The van der Waals surface area contributed by atoms with E-state index in [0.29, 0.717) is 24.7 Å². The minimum atomic E-state index is -0.444. The molecule has 1 N–H and O–H groups in total. The highest BCUT2D eigenvalue weighted by Gasteiger charge is 2.20. The van der Waals surface area contributed by atoms with E-state index in [2.05, 4.69) is 5.32 Å². The summed E-state index contributed by atoms with van der Waals surface area (Å²) in [5, 5.41) is 14.0. The Morgan fingerprint density at radius 3 is 3.05 bits per heavy atom. The molecule has 1 heterocycles. The van der Waals surface area contributed by atoms with Gasteiger partial charge < -0.3 is 10.2 Å². The summed E-state index contributed by atoms with van der Waals surface area (Å²) in [7, 11) is 0. The minimum absolute atomic E-state index is 0.0221. The van der Waals surface area contributed by atoms with Gasteiger partial charge in [0, 0.05) is 37.8 Å². The molecule has 1 unspecified atom stereocenters. The van der Waals surface area contributed by atoms with Crippen molar-refractivity contribution in [2.45, 2.75) is 19.4 Å². The number of nitro benzene ring substituents is 1. The second kappa shape index (κ2) is 5.79. The zero-order valence-corrected chi connectivity index (χ0v) is 10.8. The fraction of sp³-hybridized carbons (Fsp3) is 0.462. The molecule has 19 heavy (non-hydrogen) atoms. The molecule has 1 aliphatic heterocycles. The molecule has 1 fully saturated rings. The number of nitrogens with one attached hydrogen (secondary N) is 1. The van der Waals surface area contributed by atoms with Gasteiger partial charge in [0.1, 0.15) is 0 Å². The van der Waals surface area contributed by atoms with Crippen molar-refractivity contribution < 1.29 is 9.72 Å². The summed E-state index contributed by atoms with van der Waals surface area (Å²) >= 11 is 0. The lowest BCUT2D eigenvalue weighted by Crippen LogP contribution is -2.51. The number of nitrogens with zero attached hydrogens (tertiary/aromatic N) is 2. The minimum Gasteiger partial charge on any atom is -0.340 e. The summed E-state index contributed by atoms with van der Waals surface area (Å²) in [5.74, 6) is 0.0221. The number of non-ortho nitro benzene ring substituents is 1. The summed E-state index contributed by atoms with van der Waals surface area (Å²) in [6.45, 7) is 4.21. The van der Waals surface area contributed by atoms with Crippen LogP contribution in [0.4, 0.5) is 5.69 Å². The SMILES string of the molecule is CC1CN(C(=O)Cc2cccc([N+](=O)[O-])c2)CCN1. The van der Waals surface area contributed by atoms with Crippen molar-refractivity contribution >= 4 is 11.6 Å². The molecule has 0 bridgehead atoms. The Morgan fingerprint density at radius 1 is 1.58 bits per heavy atom. The number of carbonyl (C=O) groups is 1. The summed E-state index contributed by atoms with van der Waals surface area (Å²) in [6.07, 6.45) is 0.217. The molecule has 6 heteroatoms. The van der Waals surface area contributed by atoms with E-state index in [4.69, 9.17) is 0 Å². The maximum absolute atomic E-state index is 12.1. The van der Waals surface area contributed by atoms with Crippen molar-refractivity contribution in [1.29, 1.82) is 0 Å². The molecule has 1 aliphatic rings. The third kappa shape index (κ3) is 3.51. The molecule has 1 aromatic rings. The predicted octanol–water partition coefficient (Wildman–Crippen LogP) is 0.958. The molecular weight excluding hydrogens is 246 g/mol. The lowest BCUT2D eigenvalue weighted by atomic mass is 10.1. The second-order valence-electron chi connectivity index (χ2n) is 4.80. The van der Waals surface area contributed by atoms with Crippen molar-refractivity contribution in [3.8, 4) is 0 Å². The first-order valence-corrected chi connectivity index (χ1v) is 6.31. The topological polar surface area (TPSA) is 75.5 Å². The number of carbonyl (C=O) groups excluding carboxylic acids is 1. The lowest BCUT2D eigenvalue weighted by Gasteiger charge is -2.32. The third-order valence-corrected chi connectivity index (χ3v) is 3.20. The van der Waals surface area contributed by atoms with E-state index < -0.39 is 4.92 Å². The predicted molar refractivity (Wildman–Crippen MR) is 70.8 cm³/mol. The van der Waals surface area contributed by atoms with E-state index >= 15 is 0 Å². The van der Waals surface area contributed by atoms with Gasteiger partial charge in [0.05, 0.1) is 11.3 Å². The Kier molecular flexibility index (Phi) is 4.11. The maximum Gasteiger partial charge on any atom is 0.269 e. The van der Waals surface area contributed by atoms with Gasteiger partial charge in [-0.2, -0.15) is 0 Å². The Bertz CT molecular complexity index is 490. The standard InChI is InChI=1S/C13H17N3O3/c1-10-9-15(6-5-14-10)13(17)8-11-3-2-4-12(7-11)16(18)19/h2-4,7,10,14H,5-6,8-9H2,1H3. The van der Waals surface area contributed by atoms with Crippen LogP contribution < -0.4 is 5.32 Å². The second-order valence-corrected chi connectivity index (χ2v) is 4.80. The smallest absolute Gasteiger partial charge is 0.269 e. The molecule has 0 spiro atoms. The number of hydrogen-bond donors (Lipinski definition) is 1. The van der Waals surface area contributed by atoms with Crippen LogP contribution in [-0.2, 0) is 11.2 Å². The van der Waals surface area contributed by atoms with E-state index in [1.165, 1.54) is 12.1 Å². The third-order valence-electron chi connectivity index (χ3n) is 3.20. The zero-order chi connectivity index (χ0) is 13.8. The van der Waals surface area contributed by atoms with Crippen molar-refractivity contribution in [2.75, 3.05) is 19.6 Å². The maximum atomic E-state index is 12.1. The lowest BCUT2D eigenvalue weighted by molar-refractivity contribution is -0.384. The fourth-order valence-corrected chi connectivity index (χ4v) is 2.23. The van der Waals surface area contributed by atoms with Crippen molar-refractivity contribution in [1.82, 2.24) is 10.2 Å². The number of nitro groups is 1. The van der Waals surface area contributed by atoms with Crippen LogP contribution in [0.2, 0.25) is 0 Å². The number of hydrogen-bond acceptors (Lipinski definition) is 4. The van der Waals surface area contributed by atoms with E-state index in [-0.39, 0.29) is 18.0 Å². The van der Waals surface area contributed by atoms with Crippen LogP contribution in [0.5, 0.6) is 0 Å². The number of benzene rings is 1. The fourth-order valence-electron chi connectivity index (χ4n) is 2.23. The van der Waals surface area contributed by atoms with Crippen LogP contribution in [0.25, 0.3) is 0 Å². The molecule has 1 amide bonds. The molecule has 1 atom stereocenters. The molecule has 0 saturated carbocycles. The molecule has 2 rings (SSSR count). The number of rotatable bonds is 3. The summed E-state index contributed by atoms with van der Waals surface area (Å²) in [5.41, 5.74) is 0.712. The van der Waals surface area contributed by atoms with Crippen LogP contribution in [0.1, 0.15) is 12.5 Å². The van der Waals surface area contributed by atoms with Gasteiger partial charge in [-0.3, -0.25) is 14.9 Å². The summed E-state index contributed by atoms with van der Waals surface area (Å²) in [4.78, 5) is 24.2. The largest absolute Gasteiger partial charge is 0.340 e. The van der Waals surface area contributed by atoms with Crippen LogP contribution in [0, 0.1) is 10.1 Å². The van der Waals surface area contributed by atoms with Gasteiger partial charge in [-0.05, 0) is 12.5 Å². The highest BCUT2D eigenvalue weighted by Crippen LogP contribution is 2.14. The van der Waals surface area contributed by atoms with Gasteiger partial charge in [0.15, 0.2) is 0 Å². The Balaban J connectivity index is 2.02. The normalized spacial score (nSPS) is 19.2. The molecule has 0 aromatic heterocycles. The van der Waals surface area contributed by atoms with Gasteiger partial charge in [0.25, 0.3) is 5.69 Å². The van der Waals surface area contributed by atoms with Gasteiger partial charge in [0.2, 0.25) is 5.91 Å². The average Bonchev–Trinajstić information content (AvgIpc) is 2.39. The van der Waals surface area contributed by atoms with E-state index in [1.807, 2.05) is 6.92 Å². The van der Waals surface area contributed by atoms with Gasteiger partial charge in [-0.25, -0.2) is 0 Å². The molecule has 0 aliphatic carbocycles. The highest BCUT2D eigenvalue weighted by atomic mass is 16.6. The molecule has 102 valence electrons. The number of amides is 1. The molecule has 0 radical (unpaired) electrons. The molecule has 1 aromatic carbocycles. The van der Waals surface area contributed by atoms with E-state index in [1.54, 1.807) is 17.0 Å². The van der Waals surface area contributed by atoms with Crippen LogP contribution in [-0.4, -0.2) is 41.4 Å². The van der Waals surface area contributed by atoms with Crippen molar-refractivity contribution in [3.63, 3.8) is 0 Å². The average molecular weight is 263 g/mol. The first kappa shape index (κ1) is 13.5. The summed E-state index contributed by atoms with van der Waals surface area (Å²) in [6, 6.07) is 6.55. The van der Waals surface area contributed by atoms with Gasteiger partial charge >= 0.3 is 0 Å².